The van der Waals surface area contributed by atoms with Crippen molar-refractivity contribution in [3.8, 4) is 0 Å². The molecule has 96 valence electrons. The summed E-state index contributed by atoms with van der Waals surface area (Å²) in [4.78, 5) is 20.0. The zero-order chi connectivity index (χ0) is 12.5. The van der Waals surface area contributed by atoms with Gasteiger partial charge in [-0.1, -0.05) is 0 Å². The lowest BCUT2D eigenvalue weighted by Gasteiger charge is -2.19. The number of aromatic nitrogens is 2. The van der Waals surface area contributed by atoms with Crippen LogP contribution in [-0.2, 0) is 17.7 Å². The standard InChI is InChI=1S/C12H15N3O3/c16-12(17)10-7-6-13-4-3-8(7)14-11(15-10)9-2-1-5-18-9/h9,13H,1-6H2,(H,16,17). The van der Waals surface area contributed by atoms with Crippen molar-refractivity contribution in [2.75, 3.05) is 13.2 Å². The molecule has 0 amide bonds. The maximum Gasteiger partial charge on any atom is 0.354 e. The predicted molar refractivity (Wildman–Crippen MR) is 62.3 cm³/mol. The van der Waals surface area contributed by atoms with Crippen LogP contribution in [-0.4, -0.2) is 34.2 Å². The number of hydrogen-bond acceptors (Lipinski definition) is 5. The molecule has 1 atom stereocenters. The molecular formula is C12H15N3O3. The van der Waals surface area contributed by atoms with Gasteiger partial charge in [0.05, 0.1) is 5.69 Å². The van der Waals surface area contributed by atoms with Crippen molar-refractivity contribution < 1.29 is 14.6 Å². The van der Waals surface area contributed by atoms with Gasteiger partial charge in [-0.3, -0.25) is 0 Å². The summed E-state index contributed by atoms with van der Waals surface area (Å²) in [6.45, 7) is 2.06. The van der Waals surface area contributed by atoms with Crippen LogP contribution in [0.3, 0.4) is 0 Å². The number of ether oxygens (including phenoxy) is 1. The first kappa shape index (κ1) is 11.6. The molecule has 0 aliphatic carbocycles. The lowest BCUT2D eigenvalue weighted by molar-refractivity contribution is 0.0684. The Morgan fingerprint density at radius 3 is 3.06 bits per heavy atom. The van der Waals surface area contributed by atoms with E-state index in [9.17, 15) is 9.90 Å². The molecule has 3 rings (SSSR count). The topological polar surface area (TPSA) is 84.3 Å². The summed E-state index contributed by atoms with van der Waals surface area (Å²) in [6, 6.07) is 0. The highest BCUT2D eigenvalue weighted by molar-refractivity contribution is 5.87. The van der Waals surface area contributed by atoms with E-state index in [0.29, 0.717) is 19.0 Å². The number of carboxylic acids is 1. The third-order valence-corrected chi connectivity index (χ3v) is 3.37. The second-order valence-corrected chi connectivity index (χ2v) is 4.59. The van der Waals surface area contributed by atoms with Gasteiger partial charge in [0.15, 0.2) is 11.5 Å². The van der Waals surface area contributed by atoms with Crippen LogP contribution in [0.15, 0.2) is 0 Å². The zero-order valence-electron chi connectivity index (χ0n) is 9.98. The number of hydrogen-bond donors (Lipinski definition) is 2. The molecule has 2 aliphatic heterocycles. The van der Waals surface area contributed by atoms with E-state index in [0.717, 1.165) is 37.1 Å². The Morgan fingerprint density at radius 1 is 1.44 bits per heavy atom. The molecular weight excluding hydrogens is 234 g/mol. The molecule has 0 bridgehead atoms. The number of nitrogens with zero attached hydrogens (tertiary/aromatic N) is 2. The highest BCUT2D eigenvalue weighted by Crippen LogP contribution is 2.27. The minimum absolute atomic E-state index is 0.123. The highest BCUT2D eigenvalue weighted by Gasteiger charge is 2.26. The van der Waals surface area contributed by atoms with Crippen LogP contribution in [0.1, 0.15) is 46.5 Å². The summed E-state index contributed by atoms with van der Waals surface area (Å²) in [5.74, 6) is -0.456. The summed E-state index contributed by atoms with van der Waals surface area (Å²) in [5, 5.41) is 12.4. The average molecular weight is 249 g/mol. The van der Waals surface area contributed by atoms with Gasteiger partial charge in [0.25, 0.3) is 0 Å². The van der Waals surface area contributed by atoms with E-state index in [1.54, 1.807) is 0 Å². The smallest absolute Gasteiger partial charge is 0.354 e. The number of fused-ring (bicyclic) bond motifs is 1. The summed E-state index contributed by atoms with van der Waals surface area (Å²) < 4.78 is 5.53. The maximum absolute atomic E-state index is 11.3. The van der Waals surface area contributed by atoms with Gasteiger partial charge in [-0.05, 0) is 12.8 Å². The predicted octanol–water partition coefficient (Wildman–Crippen LogP) is 0.672. The molecule has 0 spiro atoms. The van der Waals surface area contributed by atoms with Crippen LogP contribution in [0.2, 0.25) is 0 Å². The summed E-state index contributed by atoms with van der Waals surface area (Å²) >= 11 is 0. The molecule has 2 N–H and O–H groups in total. The van der Waals surface area contributed by atoms with Crippen LogP contribution in [0.25, 0.3) is 0 Å². The fourth-order valence-electron chi connectivity index (χ4n) is 2.46. The zero-order valence-corrected chi connectivity index (χ0v) is 9.98. The maximum atomic E-state index is 11.3. The van der Waals surface area contributed by atoms with Crippen LogP contribution < -0.4 is 5.32 Å². The Labute approximate surface area is 104 Å². The van der Waals surface area contributed by atoms with Gasteiger partial charge in [-0.25, -0.2) is 14.8 Å². The van der Waals surface area contributed by atoms with Crippen LogP contribution in [0.5, 0.6) is 0 Å². The van der Waals surface area contributed by atoms with Crippen LogP contribution >= 0.6 is 0 Å². The van der Waals surface area contributed by atoms with E-state index >= 15 is 0 Å². The lowest BCUT2D eigenvalue weighted by atomic mass is 10.0. The SMILES string of the molecule is O=C(O)c1nc(C2CCCO2)nc2c1CNCC2. The fourth-order valence-corrected chi connectivity index (χ4v) is 2.46. The van der Waals surface area contributed by atoms with E-state index in [1.165, 1.54) is 0 Å². The van der Waals surface area contributed by atoms with Crippen molar-refractivity contribution >= 4 is 5.97 Å². The summed E-state index contributed by atoms with van der Waals surface area (Å²) in [5.41, 5.74) is 1.69. The largest absolute Gasteiger partial charge is 0.476 e. The molecule has 1 fully saturated rings. The average Bonchev–Trinajstić information content (AvgIpc) is 2.91. The lowest BCUT2D eigenvalue weighted by Crippen LogP contribution is -2.28. The van der Waals surface area contributed by atoms with E-state index < -0.39 is 5.97 Å². The molecule has 1 aromatic heterocycles. The Hall–Kier alpha value is -1.53. The minimum Gasteiger partial charge on any atom is -0.476 e. The Morgan fingerprint density at radius 2 is 2.33 bits per heavy atom. The van der Waals surface area contributed by atoms with E-state index in [4.69, 9.17) is 4.74 Å². The molecule has 0 aromatic carbocycles. The first-order valence-electron chi connectivity index (χ1n) is 6.21. The van der Waals surface area contributed by atoms with E-state index in [2.05, 4.69) is 15.3 Å². The van der Waals surface area contributed by atoms with Gasteiger partial charge in [-0.15, -0.1) is 0 Å². The highest BCUT2D eigenvalue weighted by atomic mass is 16.5. The number of aromatic carboxylic acids is 1. The summed E-state index contributed by atoms with van der Waals surface area (Å²) in [6.07, 6.45) is 2.46. The van der Waals surface area contributed by atoms with Crippen molar-refractivity contribution in [1.82, 2.24) is 15.3 Å². The molecule has 6 heteroatoms. The molecule has 1 unspecified atom stereocenters. The molecule has 18 heavy (non-hydrogen) atoms. The normalized spacial score (nSPS) is 22.8. The van der Waals surface area contributed by atoms with Gasteiger partial charge >= 0.3 is 5.97 Å². The second-order valence-electron chi connectivity index (χ2n) is 4.59. The van der Waals surface area contributed by atoms with Crippen molar-refractivity contribution in [3.05, 3.63) is 22.8 Å². The Kier molecular flexibility index (Phi) is 2.97. The first-order chi connectivity index (χ1) is 8.75. The third kappa shape index (κ3) is 1.97. The molecule has 6 nitrogen and oxygen atoms in total. The molecule has 0 saturated carbocycles. The van der Waals surface area contributed by atoms with Gasteiger partial charge in [0.1, 0.15) is 6.10 Å². The van der Waals surface area contributed by atoms with Gasteiger partial charge in [0.2, 0.25) is 0 Å². The number of carboxylic acid groups (broad SMARTS) is 1. The minimum atomic E-state index is -0.989. The van der Waals surface area contributed by atoms with Crippen molar-refractivity contribution in [1.29, 1.82) is 0 Å². The van der Waals surface area contributed by atoms with E-state index in [1.807, 2.05) is 0 Å². The Bertz CT molecular complexity index is 484. The molecule has 1 saturated heterocycles. The fraction of sp³-hybridized carbons (Fsp3) is 0.583. The third-order valence-electron chi connectivity index (χ3n) is 3.37. The number of nitrogens with one attached hydrogen (secondary N) is 1. The number of rotatable bonds is 2. The molecule has 2 aliphatic rings. The van der Waals surface area contributed by atoms with Crippen LogP contribution in [0.4, 0.5) is 0 Å². The van der Waals surface area contributed by atoms with Crippen molar-refractivity contribution in [2.45, 2.75) is 31.9 Å². The molecule has 0 radical (unpaired) electrons. The monoisotopic (exact) mass is 249 g/mol. The quantitative estimate of drug-likeness (QED) is 0.801. The van der Waals surface area contributed by atoms with Crippen LogP contribution in [0, 0.1) is 0 Å². The van der Waals surface area contributed by atoms with Gasteiger partial charge in [0, 0.05) is 31.7 Å². The van der Waals surface area contributed by atoms with Crippen molar-refractivity contribution in [2.24, 2.45) is 0 Å². The summed E-state index contributed by atoms with van der Waals surface area (Å²) in [7, 11) is 0. The second kappa shape index (κ2) is 4.62. The number of carbonyl (C=O) groups is 1. The van der Waals surface area contributed by atoms with Gasteiger partial charge in [-0.2, -0.15) is 0 Å². The first-order valence-corrected chi connectivity index (χ1v) is 6.21. The molecule has 3 heterocycles. The van der Waals surface area contributed by atoms with Crippen molar-refractivity contribution in [3.63, 3.8) is 0 Å². The molecule has 1 aromatic rings. The van der Waals surface area contributed by atoms with Gasteiger partial charge < -0.3 is 15.2 Å². The Balaban J connectivity index is 2.05. The van der Waals surface area contributed by atoms with E-state index in [-0.39, 0.29) is 11.8 Å².